The van der Waals surface area contributed by atoms with Gasteiger partial charge in [0.15, 0.2) is 23.3 Å². The van der Waals surface area contributed by atoms with Gasteiger partial charge in [-0.3, -0.25) is 4.72 Å². The van der Waals surface area contributed by atoms with Crippen LogP contribution in [-0.4, -0.2) is 26.8 Å². The third kappa shape index (κ3) is 3.26. The Morgan fingerprint density at radius 1 is 1.00 bits per heavy atom. The Morgan fingerprint density at radius 3 is 2.00 bits per heavy atom. The minimum atomic E-state index is -4.26. The maximum Gasteiger partial charge on any atom is 0.234 e. The van der Waals surface area contributed by atoms with E-state index in [9.17, 15) is 30.4 Å². The van der Waals surface area contributed by atoms with Crippen molar-refractivity contribution in [3.05, 3.63) is 29.1 Å². The van der Waals surface area contributed by atoms with Crippen LogP contribution in [0.5, 0.6) is 0 Å². The van der Waals surface area contributed by atoms with E-state index in [0.29, 0.717) is 13.0 Å². The van der Waals surface area contributed by atoms with Crippen LogP contribution in [0.2, 0.25) is 0 Å². The number of hydrogen-bond acceptors (Lipinski definition) is 3. The van der Waals surface area contributed by atoms with Gasteiger partial charge in [0.05, 0.1) is 5.75 Å². The summed E-state index contributed by atoms with van der Waals surface area (Å²) in [6.45, 7) is 0.600. The van der Waals surface area contributed by atoms with E-state index in [2.05, 4.69) is 5.32 Å². The number of rotatable bonds is 4. The second-order valence-electron chi connectivity index (χ2n) is 4.62. The molecule has 2 N–H and O–H groups in total. The minimum absolute atomic E-state index is 0.427. The Balaban J connectivity index is 2.30. The first-order valence-electron chi connectivity index (χ1n) is 5.98. The zero-order valence-electron chi connectivity index (χ0n) is 10.5. The Hall–Kier alpha value is -1.42. The highest BCUT2D eigenvalue weighted by Gasteiger charge is 2.29. The fourth-order valence-corrected chi connectivity index (χ4v) is 3.44. The number of benzene rings is 1. The van der Waals surface area contributed by atoms with Crippen LogP contribution in [-0.2, 0) is 10.0 Å². The fourth-order valence-electron chi connectivity index (χ4n) is 2.06. The summed E-state index contributed by atoms with van der Waals surface area (Å²) in [5, 5.41) is 2.84. The summed E-state index contributed by atoms with van der Waals surface area (Å²) < 4.78 is 90.5. The topological polar surface area (TPSA) is 58.2 Å². The third-order valence-electron chi connectivity index (χ3n) is 3.05. The number of nitrogens with one attached hydrogen (secondary N) is 2. The van der Waals surface area contributed by atoms with Gasteiger partial charge in [0.1, 0.15) is 5.69 Å². The van der Waals surface area contributed by atoms with Gasteiger partial charge in [-0.1, -0.05) is 0 Å². The van der Waals surface area contributed by atoms with Crippen LogP contribution in [0.3, 0.4) is 0 Å². The zero-order valence-corrected chi connectivity index (χ0v) is 11.3. The van der Waals surface area contributed by atoms with Crippen LogP contribution in [0.1, 0.15) is 12.8 Å². The van der Waals surface area contributed by atoms with Gasteiger partial charge < -0.3 is 5.32 Å². The first-order valence-corrected chi connectivity index (χ1v) is 7.63. The van der Waals surface area contributed by atoms with Crippen molar-refractivity contribution in [2.24, 2.45) is 0 Å². The first kappa shape index (κ1) is 16.0. The van der Waals surface area contributed by atoms with E-state index in [0.717, 1.165) is 6.42 Å². The highest BCUT2D eigenvalue weighted by Crippen LogP contribution is 2.28. The lowest BCUT2D eigenvalue weighted by Crippen LogP contribution is -2.33. The molecule has 0 radical (unpaired) electrons. The van der Waals surface area contributed by atoms with Crippen molar-refractivity contribution in [3.8, 4) is 0 Å². The van der Waals surface area contributed by atoms with E-state index in [1.807, 2.05) is 0 Å². The molecule has 118 valence electrons. The average molecular weight is 330 g/mol. The first-order chi connectivity index (χ1) is 9.73. The molecule has 0 spiro atoms. The lowest BCUT2D eigenvalue weighted by Gasteiger charge is -2.14. The van der Waals surface area contributed by atoms with E-state index in [4.69, 9.17) is 0 Å². The van der Waals surface area contributed by atoms with Crippen molar-refractivity contribution in [2.75, 3.05) is 17.0 Å². The molecule has 0 bridgehead atoms. The Labute approximate surface area is 117 Å². The fraction of sp³-hybridized carbons (Fsp3) is 0.455. The molecule has 21 heavy (non-hydrogen) atoms. The molecule has 4 nitrogen and oxygen atoms in total. The molecule has 0 saturated carbocycles. The standard InChI is InChI=1S/C11H11F5N2O2S/c12-6-7(13)9(15)11(10(16)8(6)14)18-21(19,20)4-5-2-1-3-17-5/h5,17-18H,1-4H2. The highest BCUT2D eigenvalue weighted by atomic mass is 32.2. The summed E-state index contributed by atoms with van der Waals surface area (Å²) in [6.07, 6.45) is 1.28. The second-order valence-corrected chi connectivity index (χ2v) is 6.39. The van der Waals surface area contributed by atoms with Crippen LogP contribution in [0, 0.1) is 29.1 Å². The molecule has 1 aromatic rings. The summed E-state index contributed by atoms with van der Waals surface area (Å²) in [5.74, 6) is -11.7. The number of hydrogen-bond donors (Lipinski definition) is 2. The SMILES string of the molecule is O=S(=O)(CC1CCCN1)Nc1c(F)c(F)c(F)c(F)c1F. The van der Waals surface area contributed by atoms with Gasteiger partial charge in [-0.25, -0.2) is 30.4 Å². The van der Waals surface area contributed by atoms with Gasteiger partial charge in [-0.05, 0) is 19.4 Å². The van der Waals surface area contributed by atoms with Crippen LogP contribution in [0.4, 0.5) is 27.6 Å². The van der Waals surface area contributed by atoms with E-state index in [-0.39, 0.29) is 0 Å². The smallest absolute Gasteiger partial charge is 0.234 e. The Bertz CT molecular complexity index is 630. The molecule has 1 aliphatic rings. The minimum Gasteiger partial charge on any atom is -0.313 e. The predicted octanol–water partition coefficient (Wildman–Crippen LogP) is 1.88. The van der Waals surface area contributed by atoms with E-state index in [1.54, 1.807) is 0 Å². The normalized spacial score (nSPS) is 19.0. The number of sulfonamides is 1. The summed E-state index contributed by atoms with van der Waals surface area (Å²) in [6, 6.07) is -0.427. The molecule has 1 heterocycles. The molecule has 0 aliphatic carbocycles. The summed E-state index contributed by atoms with van der Waals surface area (Å²) >= 11 is 0. The lowest BCUT2D eigenvalue weighted by atomic mass is 10.2. The van der Waals surface area contributed by atoms with Crippen molar-refractivity contribution in [1.29, 1.82) is 0 Å². The maximum absolute atomic E-state index is 13.4. The summed E-state index contributed by atoms with van der Waals surface area (Å²) in [7, 11) is -4.26. The maximum atomic E-state index is 13.4. The molecule has 2 rings (SSSR count). The van der Waals surface area contributed by atoms with Crippen molar-refractivity contribution in [2.45, 2.75) is 18.9 Å². The van der Waals surface area contributed by atoms with Crippen molar-refractivity contribution >= 4 is 15.7 Å². The van der Waals surface area contributed by atoms with Crippen LogP contribution >= 0.6 is 0 Å². The molecule has 10 heteroatoms. The molecule has 1 aromatic carbocycles. The van der Waals surface area contributed by atoms with Crippen molar-refractivity contribution < 1.29 is 30.4 Å². The predicted molar refractivity (Wildman–Crippen MR) is 64.7 cm³/mol. The second kappa shape index (κ2) is 5.76. The monoisotopic (exact) mass is 330 g/mol. The van der Waals surface area contributed by atoms with Crippen LogP contribution < -0.4 is 10.0 Å². The molecule has 0 amide bonds. The Morgan fingerprint density at radius 2 is 1.52 bits per heavy atom. The van der Waals surface area contributed by atoms with Gasteiger partial charge in [0.2, 0.25) is 15.8 Å². The summed E-state index contributed by atoms with van der Waals surface area (Å²) in [4.78, 5) is 0. The van der Waals surface area contributed by atoms with E-state index >= 15 is 0 Å². The number of anilines is 1. The van der Waals surface area contributed by atoms with Crippen LogP contribution in [0.15, 0.2) is 0 Å². The molecule has 0 aromatic heterocycles. The van der Waals surface area contributed by atoms with Gasteiger partial charge in [-0.15, -0.1) is 0 Å². The molecular formula is C11H11F5N2O2S. The Kier molecular flexibility index (Phi) is 4.38. The largest absolute Gasteiger partial charge is 0.313 e. The quantitative estimate of drug-likeness (QED) is 0.503. The molecule has 1 aliphatic heterocycles. The van der Waals surface area contributed by atoms with Gasteiger partial charge in [0, 0.05) is 6.04 Å². The average Bonchev–Trinajstić information content (AvgIpc) is 2.91. The van der Waals surface area contributed by atoms with Gasteiger partial charge in [-0.2, -0.15) is 0 Å². The molecular weight excluding hydrogens is 319 g/mol. The highest BCUT2D eigenvalue weighted by molar-refractivity contribution is 7.92. The number of halogens is 5. The van der Waals surface area contributed by atoms with Crippen molar-refractivity contribution in [3.63, 3.8) is 0 Å². The van der Waals surface area contributed by atoms with Gasteiger partial charge in [0.25, 0.3) is 0 Å². The van der Waals surface area contributed by atoms with Crippen molar-refractivity contribution in [1.82, 2.24) is 5.32 Å². The zero-order chi connectivity index (χ0) is 15.8. The third-order valence-corrected chi connectivity index (χ3v) is 4.41. The van der Waals surface area contributed by atoms with Crippen LogP contribution in [0.25, 0.3) is 0 Å². The molecule has 1 atom stereocenters. The molecule has 1 fully saturated rings. The van der Waals surface area contributed by atoms with Gasteiger partial charge >= 0.3 is 0 Å². The summed E-state index contributed by atoms with van der Waals surface area (Å²) in [5.41, 5.74) is -1.57. The van der Waals surface area contributed by atoms with E-state index < -0.39 is 56.6 Å². The van der Waals surface area contributed by atoms with E-state index in [1.165, 1.54) is 4.72 Å². The lowest BCUT2D eigenvalue weighted by molar-refractivity contribution is 0.382. The molecule has 1 saturated heterocycles. The molecule has 1 unspecified atom stereocenters.